The molecule has 8 nitrogen and oxygen atoms in total. The SMILES string of the molecule is Cc1cc(C)nc(N2CCC(CC(=O)N(C)Cc3nonc3C)CC2)n1. The Balaban J connectivity index is 1.50. The van der Waals surface area contributed by atoms with E-state index in [1.807, 2.05) is 26.8 Å². The largest absolute Gasteiger partial charge is 0.341 e. The van der Waals surface area contributed by atoms with Crippen molar-refractivity contribution in [2.75, 3.05) is 25.0 Å². The van der Waals surface area contributed by atoms with Crippen molar-refractivity contribution in [1.29, 1.82) is 0 Å². The van der Waals surface area contributed by atoms with Gasteiger partial charge in [0.25, 0.3) is 0 Å². The van der Waals surface area contributed by atoms with Crippen LogP contribution in [0.3, 0.4) is 0 Å². The molecule has 3 rings (SSSR count). The first-order chi connectivity index (χ1) is 12.4. The van der Waals surface area contributed by atoms with Gasteiger partial charge in [0.15, 0.2) is 0 Å². The molecule has 1 aliphatic rings. The molecule has 8 heteroatoms. The number of aromatic nitrogens is 4. The van der Waals surface area contributed by atoms with Crippen molar-refractivity contribution in [2.24, 2.45) is 5.92 Å². The van der Waals surface area contributed by atoms with Crippen molar-refractivity contribution in [3.8, 4) is 0 Å². The summed E-state index contributed by atoms with van der Waals surface area (Å²) in [6, 6.07) is 1.98. The molecule has 1 aliphatic heterocycles. The minimum absolute atomic E-state index is 0.133. The highest BCUT2D eigenvalue weighted by Gasteiger charge is 2.25. The highest BCUT2D eigenvalue weighted by atomic mass is 16.6. The molecule has 0 spiro atoms. The number of aryl methyl sites for hydroxylation is 3. The van der Waals surface area contributed by atoms with E-state index in [1.165, 1.54) is 0 Å². The number of carbonyl (C=O) groups is 1. The molecule has 0 radical (unpaired) electrons. The lowest BCUT2D eigenvalue weighted by Gasteiger charge is -2.32. The summed E-state index contributed by atoms with van der Waals surface area (Å²) in [5.41, 5.74) is 3.42. The topological polar surface area (TPSA) is 88.3 Å². The van der Waals surface area contributed by atoms with Gasteiger partial charge < -0.3 is 9.80 Å². The van der Waals surface area contributed by atoms with Crippen molar-refractivity contribution >= 4 is 11.9 Å². The van der Waals surface area contributed by atoms with Crippen LogP contribution in [0.5, 0.6) is 0 Å². The number of piperidine rings is 1. The number of hydrogen-bond acceptors (Lipinski definition) is 7. The summed E-state index contributed by atoms with van der Waals surface area (Å²) in [4.78, 5) is 25.5. The van der Waals surface area contributed by atoms with Crippen LogP contribution in [0.4, 0.5) is 5.95 Å². The van der Waals surface area contributed by atoms with Crippen LogP contribution in [-0.2, 0) is 11.3 Å². The van der Waals surface area contributed by atoms with E-state index in [0.29, 0.717) is 24.6 Å². The Labute approximate surface area is 153 Å². The highest BCUT2D eigenvalue weighted by molar-refractivity contribution is 5.76. The molecule has 1 saturated heterocycles. The van der Waals surface area contributed by atoms with Crippen LogP contribution >= 0.6 is 0 Å². The van der Waals surface area contributed by atoms with Crippen molar-refractivity contribution in [3.63, 3.8) is 0 Å². The molecule has 140 valence electrons. The van der Waals surface area contributed by atoms with Gasteiger partial charge in [0.05, 0.1) is 6.54 Å². The summed E-state index contributed by atoms with van der Waals surface area (Å²) >= 11 is 0. The van der Waals surface area contributed by atoms with Gasteiger partial charge in [0, 0.05) is 37.9 Å². The minimum atomic E-state index is 0.133. The fourth-order valence-electron chi connectivity index (χ4n) is 3.29. The summed E-state index contributed by atoms with van der Waals surface area (Å²) in [7, 11) is 1.80. The van der Waals surface area contributed by atoms with Gasteiger partial charge in [-0.2, -0.15) is 0 Å². The van der Waals surface area contributed by atoms with E-state index in [2.05, 4.69) is 25.2 Å². The quantitative estimate of drug-likeness (QED) is 0.808. The van der Waals surface area contributed by atoms with Crippen molar-refractivity contribution in [3.05, 3.63) is 28.8 Å². The summed E-state index contributed by atoms with van der Waals surface area (Å²) in [5, 5.41) is 7.59. The van der Waals surface area contributed by atoms with Crippen molar-refractivity contribution in [1.82, 2.24) is 25.2 Å². The molecule has 0 saturated carbocycles. The highest BCUT2D eigenvalue weighted by Crippen LogP contribution is 2.24. The van der Waals surface area contributed by atoms with Crippen LogP contribution in [0.15, 0.2) is 10.7 Å². The van der Waals surface area contributed by atoms with Gasteiger partial charge >= 0.3 is 0 Å². The lowest BCUT2D eigenvalue weighted by molar-refractivity contribution is -0.131. The van der Waals surface area contributed by atoms with Crippen molar-refractivity contribution in [2.45, 2.75) is 46.6 Å². The third-order valence-corrected chi connectivity index (χ3v) is 4.89. The van der Waals surface area contributed by atoms with Crippen LogP contribution in [-0.4, -0.2) is 51.2 Å². The Bertz CT molecular complexity index is 747. The molecular formula is C18H26N6O2. The van der Waals surface area contributed by atoms with Crippen LogP contribution in [0.2, 0.25) is 0 Å². The number of nitrogens with zero attached hydrogens (tertiary/aromatic N) is 6. The van der Waals surface area contributed by atoms with E-state index in [9.17, 15) is 4.79 Å². The van der Waals surface area contributed by atoms with Crippen LogP contribution in [0, 0.1) is 26.7 Å². The molecule has 3 heterocycles. The number of anilines is 1. The lowest BCUT2D eigenvalue weighted by Crippen LogP contribution is -2.37. The number of carbonyl (C=O) groups excluding carboxylic acids is 1. The molecule has 0 unspecified atom stereocenters. The second-order valence-corrected chi connectivity index (χ2v) is 7.13. The average molecular weight is 358 g/mol. The number of rotatable bonds is 5. The first-order valence-electron chi connectivity index (χ1n) is 9.01. The monoisotopic (exact) mass is 358 g/mol. The van der Waals surface area contributed by atoms with Gasteiger partial charge in [-0.3, -0.25) is 4.79 Å². The maximum absolute atomic E-state index is 12.5. The van der Waals surface area contributed by atoms with Gasteiger partial charge in [0.2, 0.25) is 11.9 Å². The van der Waals surface area contributed by atoms with E-state index in [-0.39, 0.29) is 5.91 Å². The fourth-order valence-corrected chi connectivity index (χ4v) is 3.29. The molecule has 0 N–H and O–H groups in total. The second kappa shape index (κ2) is 7.80. The Hall–Kier alpha value is -2.51. The normalized spacial score (nSPS) is 15.3. The van der Waals surface area contributed by atoms with E-state index in [1.54, 1.807) is 11.9 Å². The van der Waals surface area contributed by atoms with Gasteiger partial charge in [-0.25, -0.2) is 14.6 Å². The smallest absolute Gasteiger partial charge is 0.225 e. The molecule has 0 aliphatic carbocycles. The zero-order chi connectivity index (χ0) is 18.7. The maximum atomic E-state index is 12.5. The van der Waals surface area contributed by atoms with E-state index in [0.717, 1.165) is 49.0 Å². The molecule has 0 aromatic carbocycles. The molecule has 1 fully saturated rings. The van der Waals surface area contributed by atoms with Gasteiger partial charge in [-0.05, 0) is 45.6 Å². The first-order valence-corrected chi connectivity index (χ1v) is 9.01. The molecule has 2 aromatic heterocycles. The Morgan fingerprint density at radius 3 is 2.42 bits per heavy atom. The molecule has 26 heavy (non-hydrogen) atoms. The maximum Gasteiger partial charge on any atom is 0.225 e. The second-order valence-electron chi connectivity index (χ2n) is 7.13. The number of hydrogen-bond donors (Lipinski definition) is 0. The molecular weight excluding hydrogens is 332 g/mol. The average Bonchev–Trinajstić information content (AvgIpc) is 2.99. The van der Waals surface area contributed by atoms with E-state index >= 15 is 0 Å². The zero-order valence-electron chi connectivity index (χ0n) is 15.9. The van der Waals surface area contributed by atoms with Crippen LogP contribution in [0.25, 0.3) is 0 Å². The van der Waals surface area contributed by atoms with Gasteiger partial charge in [-0.15, -0.1) is 0 Å². The van der Waals surface area contributed by atoms with Gasteiger partial charge in [0.1, 0.15) is 11.4 Å². The summed E-state index contributed by atoms with van der Waals surface area (Å²) in [6.45, 7) is 8.02. The summed E-state index contributed by atoms with van der Waals surface area (Å²) in [5.74, 6) is 1.33. The fraction of sp³-hybridized carbons (Fsp3) is 0.611. The van der Waals surface area contributed by atoms with E-state index in [4.69, 9.17) is 4.63 Å². The molecule has 1 amide bonds. The zero-order valence-corrected chi connectivity index (χ0v) is 15.9. The summed E-state index contributed by atoms with van der Waals surface area (Å²) < 4.78 is 4.69. The van der Waals surface area contributed by atoms with E-state index < -0.39 is 0 Å². The number of amides is 1. The molecule has 0 atom stereocenters. The lowest BCUT2D eigenvalue weighted by atomic mass is 9.93. The molecule has 2 aromatic rings. The minimum Gasteiger partial charge on any atom is -0.341 e. The molecule has 0 bridgehead atoms. The third kappa shape index (κ3) is 4.36. The standard InChI is InChI=1S/C18H26N6O2/c1-12-9-13(2)20-18(19-12)24-7-5-15(6-8-24)10-17(25)23(4)11-16-14(3)21-26-22-16/h9,15H,5-8,10-11H2,1-4H3. The predicted octanol–water partition coefficient (Wildman–Crippen LogP) is 2.05. The third-order valence-electron chi connectivity index (χ3n) is 4.89. The Kier molecular flexibility index (Phi) is 5.49. The summed E-state index contributed by atoms with van der Waals surface area (Å²) in [6.07, 6.45) is 2.50. The van der Waals surface area contributed by atoms with Crippen molar-refractivity contribution < 1.29 is 9.42 Å². The Morgan fingerprint density at radius 1 is 1.19 bits per heavy atom. The van der Waals surface area contributed by atoms with Gasteiger partial charge in [-0.1, -0.05) is 10.3 Å². The Morgan fingerprint density at radius 2 is 1.85 bits per heavy atom. The first kappa shape index (κ1) is 18.3. The predicted molar refractivity (Wildman–Crippen MR) is 96.6 cm³/mol. The van der Waals surface area contributed by atoms with Crippen LogP contribution in [0.1, 0.15) is 42.0 Å². The van der Waals surface area contributed by atoms with Crippen LogP contribution < -0.4 is 4.90 Å².